The Hall–Kier alpha value is -0.970. The normalized spacial score (nSPS) is 33.6. The molecule has 3 atom stereocenters. The van der Waals surface area contributed by atoms with E-state index >= 15 is 0 Å². The van der Waals surface area contributed by atoms with E-state index in [9.17, 15) is 14.6 Å². The summed E-state index contributed by atoms with van der Waals surface area (Å²) < 4.78 is 12.9. The number of rotatable bonds is 2. The standard InChI is InChI=1S/C14H18FNO2/c15-10-3-1-9(2-4-10)7-11-13(18)12(17)8-16-14(11)5-6-14/h1-4,11-13,16-18H,5-8H2/t11-,12-,13-/m1/s1. The van der Waals surface area contributed by atoms with Gasteiger partial charge in [0.25, 0.3) is 0 Å². The van der Waals surface area contributed by atoms with Gasteiger partial charge in [-0.3, -0.25) is 0 Å². The van der Waals surface area contributed by atoms with E-state index in [1.165, 1.54) is 12.1 Å². The zero-order chi connectivity index (χ0) is 12.8. The predicted octanol–water partition coefficient (Wildman–Crippen LogP) is 0.842. The third-order valence-corrected chi connectivity index (χ3v) is 4.34. The maximum Gasteiger partial charge on any atom is 0.123 e. The zero-order valence-corrected chi connectivity index (χ0v) is 10.1. The number of aliphatic hydroxyl groups excluding tert-OH is 2. The van der Waals surface area contributed by atoms with Gasteiger partial charge in [-0.25, -0.2) is 4.39 Å². The summed E-state index contributed by atoms with van der Waals surface area (Å²) in [6, 6.07) is 6.38. The monoisotopic (exact) mass is 251 g/mol. The van der Waals surface area contributed by atoms with E-state index in [0.717, 1.165) is 18.4 Å². The minimum Gasteiger partial charge on any atom is -0.390 e. The zero-order valence-electron chi connectivity index (χ0n) is 10.1. The maximum absolute atomic E-state index is 12.9. The van der Waals surface area contributed by atoms with Crippen LogP contribution in [0.5, 0.6) is 0 Å². The van der Waals surface area contributed by atoms with Crippen molar-refractivity contribution in [2.24, 2.45) is 5.92 Å². The summed E-state index contributed by atoms with van der Waals surface area (Å²) in [7, 11) is 0. The van der Waals surface area contributed by atoms with Crippen LogP contribution in [-0.4, -0.2) is 34.5 Å². The molecular formula is C14H18FNO2. The number of halogens is 1. The van der Waals surface area contributed by atoms with E-state index in [2.05, 4.69) is 5.32 Å². The molecule has 0 amide bonds. The maximum atomic E-state index is 12.9. The highest BCUT2D eigenvalue weighted by molar-refractivity contribution is 5.21. The molecule has 1 heterocycles. The lowest BCUT2D eigenvalue weighted by Gasteiger charge is -2.40. The average Bonchev–Trinajstić information content (AvgIpc) is 3.14. The molecular weight excluding hydrogens is 233 g/mol. The molecule has 0 bridgehead atoms. The van der Waals surface area contributed by atoms with Crippen LogP contribution < -0.4 is 5.32 Å². The lowest BCUT2D eigenvalue weighted by atomic mass is 9.80. The molecule has 1 aromatic carbocycles. The Morgan fingerprint density at radius 3 is 2.50 bits per heavy atom. The van der Waals surface area contributed by atoms with Crippen LogP contribution in [0, 0.1) is 11.7 Å². The van der Waals surface area contributed by atoms with Crippen molar-refractivity contribution in [2.75, 3.05) is 6.54 Å². The predicted molar refractivity (Wildman–Crippen MR) is 65.6 cm³/mol. The Morgan fingerprint density at radius 1 is 1.22 bits per heavy atom. The van der Waals surface area contributed by atoms with E-state index in [4.69, 9.17) is 0 Å². The number of β-amino-alcohol motifs (C(OH)–C–C–N with tert-alkyl or cyclic N) is 1. The lowest BCUT2D eigenvalue weighted by Crippen LogP contribution is -2.58. The minimum absolute atomic E-state index is 0.00621. The summed E-state index contributed by atoms with van der Waals surface area (Å²) in [5, 5.41) is 23.3. The van der Waals surface area contributed by atoms with Gasteiger partial charge in [0.1, 0.15) is 5.82 Å². The van der Waals surface area contributed by atoms with Gasteiger partial charge in [0.05, 0.1) is 12.2 Å². The van der Waals surface area contributed by atoms with Crippen molar-refractivity contribution in [3.8, 4) is 0 Å². The van der Waals surface area contributed by atoms with E-state index in [-0.39, 0.29) is 17.3 Å². The van der Waals surface area contributed by atoms with Gasteiger partial charge in [-0.05, 0) is 37.0 Å². The van der Waals surface area contributed by atoms with Gasteiger partial charge in [-0.2, -0.15) is 0 Å². The molecule has 1 aromatic rings. The van der Waals surface area contributed by atoms with Crippen LogP contribution in [0.2, 0.25) is 0 Å². The van der Waals surface area contributed by atoms with Crippen molar-refractivity contribution < 1.29 is 14.6 Å². The van der Waals surface area contributed by atoms with Crippen molar-refractivity contribution in [3.63, 3.8) is 0 Å². The topological polar surface area (TPSA) is 52.5 Å². The van der Waals surface area contributed by atoms with Crippen molar-refractivity contribution in [2.45, 2.75) is 37.0 Å². The van der Waals surface area contributed by atoms with Crippen molar-refractivity contribution in [1.29, 1.82) is 0 Å². The number of hydrogen-bond donors (Lipinski definition) is 3. The summed E-state index contributed by atoms with van der Waals surface area (Å²) in [4.78, 5) is 0. The van der Waals surface area contributed by atoms with Crippen molar-refractivity contribution in [3.05, 3.63) is 35.6 Å². The molecule has 3 rings (SSSR count). The molecule has 1 spiro atoms. The lowest BCUT2D eigenvalue weighted by molar-refractivity contribution is -0.0569. The molecule has 1 saturated heterocycles. The highest BCUT2D eigenvalue weighted by Gasteiger charge is 2.55. The SMILES string of the molecule is O[C@H]1[C@H](O)CNC2(CC2)[C@@H]1Cc1ccc(F)cc1. The highest BCUT2D eigenvalue weighted by atomic mass is 19.1. The van der Waals surface area contributed by atoms with Gasteiger partial charge in [-0.1, -0.05) is 12.1 Å². The van der Waals surface area contributed by atoms with Crippen LogP contribution in [0.1, 0.15) is 18.4 Å². The summed E-state index contributed by atoms with van der Waals surface area (Å²) in [5.41, 5.74) is 0.996. The van der Waals surface area contributed by atoms with Crippen LogP contribution >= 0.6 is 0 Å². The van der Waals surface area contributed by atoms with Crippen molar-refractivity contribution >= 4 is 0 Å². The van der Waals surface area contributed by atoms with Gasteiger partial charge in [0.2, 0.25) is 0 Å². The number of hydrogen-bond acceptors (Lipinski definition) is 3. The van der Waals surface area contributed by atoms with Crippen LogP contribution in [0.25, 0.3) is 0 Å². The molecule has 3 N–H and O–H groups in total. The Labute approximate surface area is 106 Å². The number of benzene rings is 1. The smallest absolute Gasteiger partial charge is 0.123 e. The third-order valence-electron chi connectivity index (χ3n) is 4.34. The van der Waals surface area contributed by atoms with Crippen LogP contribution in [-0.2, 0) is 6.42 Å². The molecule has 1 saturated carbocycles. The van der Waals surface area contributed by atoms with E-state index in [0.29, 0.717) is 13.0 Å². The second-order valence-electron chi connectivity index (χ2n) is 5.53. The first-order valence-electron chi connectivity index (χ1n) is 6.46. The number of piperidine rings is 1. The molecule has 2 aliphatic rings. The highest BCUT2D eigenvalue weighted by Crippen LogP contribution is 2.47. The van der Waals surface area contributed by atoms with Crippen LogP contribution in [0.4, 0.5) is 4.39 Å². The second-order valence-corrected chi connectivity index (χ2v) is 5.53. The summed E-state index contributed by atoms with van der Waals surface area (Å²) in [5.74, 6) is -0.242. The number of aliphatic hydroxyl groups is 2. The summed E-state index contributed by atoms with van der Waals surface area (Å²) in [6.07, 6.45) is 1.36. The Kier molecular flexibility index (Phi) is 2.88. The van der Waals surface area contributed by atoms with Crippen LogP contribution in [0.15, 0.2) is 24.3 Å². The molecule has 18 heavy (non-hydrogen) atoms. The average molecular weight is 251 g/mol. The van der Waals surface area contributed by atoms with Crippen molar-refractivity contribution in [1.82, 2.24) is 5.32 Å². The Morgan fingerprint density at radius 2 is 1.89 bits per heavy atom. The minimum atomic E-state index is -0.707. The largest absolute Gasteiger partial charge is 0.390 e. The fourth-order valence-corrected chi connectivity index (χ4v) is 3.03. The number of nitrogens with one attached hydrogen (secondary N) is 1. The summed E-state index contributed by atoms with van der Waals surface area (Å²) >= 11 is 0. The van der Waals surface area contributed by atoms with Gasteiger partial charge in [-0.15, -0.1) is 0 Å². The van der Waals surface area contributed by atoms with Crippen LogP contribution in [0.3, 0.4) is 0 Å². The first-order chi connectivity index (χ1) is 8.61. The first-order valence-corrected chi connectivity index (χ1v) is 6.46. The van der Waals surface area contributed by atoms with Gasteiger partial charge < -0.3 is 15.5 Å². The molecule has 4 heteroatoms. The van der Waals surface area contributed by atoms with Gasteiger partial charge in [0.15, 0.2) is 0 Å². The molecule has 2 fully saturated rings. The molecule has 98 valence electrons. The van der Waals surface area contributed by atoms with E-state index < -0.39 is 12.2 Å². The first kappa shape index (κ1) is 12.1. The molecule has 0 unspecified atom stereocenters. The Bertz CT molecular complexity index is 430. The molecule has 0 radical (unpaired) electrons. The van der Waals surface area contributed by atoms with E-state index in [1.54, 1.807) is 12.1 Å². The molecule has 3 nitrogen and oxygen atoms in total. The molecule has 1 aliphatic carbocycles. The Balaban J connectivity index is 1.78. The quantitative estimate of drug-likeness (QED) is 0.730. The summed E-state index contributed by atoms with van der Waals surface area (Å²) in [6.45, 7) is 0.459. The fourth-order valence-electron chi connectivity index (χ4n) is 3.03. The van der Waals surface area contributed by atoms with Gasteiger partial charge >= 0.3 is 0 Å². The third kappa shape index (κ3) is 2.05. The second kappa shape index (κ2) is 4.30. The molecule has 0 aromatic heterocycles. The fraction of sp³-hybridized carbons (Fsp3) is 0.571. The van der Waals surface area contributed by atoms with Gasteiger partial charge in [0, 0.05) is 18.0 Å². The van der Waals surface area contributed by atoms with E-state index in [1.807, 2.05) is 0 Å². The molecule has 1 aliphatic heterocycles.